The van der Waals surface area contributed by atoms with Gasteiger partial charge in [-0.15, -0.1) is 13.2 Å². The van der Waals surface area contributed by atoms with Gasteiger partial charge in [-0.1, -0.05) is 18.2 Å². The van der Waals surface area contributed by atoms with Gasteiger partial charge in [0.1, 0.15) is 5.75 Å². The zero-order valence-corrected chi connectivity index (χ0v) is 18.6. The van der Waals surface area contributed by atoms with Gasteiger partial charge in [0.05, 0.1) is 17.1 Å². The SMILES string of the molecule is FC(F)(F)Oc1cccc(-c2ccc(CN3CCc4nc(C5=NCCCC5)ncc4C3)cn2)c1. The van der Waals surface area contributed by atoms with Crippen LogP contribution in [-0.4, -0.2) is 45.0 Å². The van der Waals surface area contributed by atoms with Gasteiger partial charge in [0.25, 0.3) is 0 Å². The summed E-state index contributed by atoms with van der Waals surface area (Å²) in [5.74, 6) is 0.514. The topological polar surface area (TPSA) is 63.5 Å². The number of hydrogen-bond acceptors (Lipinski definition) is 6. The summed E-state index contributed by atoms with van der Waals surface area (Å²) in [6.07, 6.45) is 3.06. The van der Waals surface area contributed by atoms with Gasteiger partial charge in [-0.3, -0.25) is 14.9 Å². The number of aromatic nitrogens is 3. The smallest absolute Gasteiger partial charge is 0.406 e. The number of halogens is 3. The molecule has 0 spiro atoms. The number of benzene rings is 1. The van der Waals surface area contributed by atoms with Gasteiger partial charge in [0, 0.05) is 56.1 Å². The van der Waals surface area contributed by atoms with E-state index in [1.807, 2.05) is 18.3 Å². The molecule has 1 aromatic carbocycles. The molecule has 0 N–H and O–H groups in total. The van der Waals surface area contributed by atoms with E-state index in [-0.39, 0.29) is 5.75 Å². The zero-order chi connectivity index (χ0) is 23.5. The van der Waals surface area contributed by atoms with Crippen LogP contribution in [0, 0.1) is 0 Å². The Kier molecular flexibility index (Phi) is 6.28. The van der Waals surface area contributed by atoms with Crippen LogP contribution in [-0.2, 0) is 19.5 Å². The van der Waals surface area contributed by atoms with Gasteiger partial charge in [-0.05, 0) is 43.0 Å². The molecular weight excluding hydrogens is 443 g/mol. The second-order valence-corrected chi connectivity index (χ2v) is 8.54. The quantitative estimate of drug-likeness (QED) is 0.530. The van der Waals surface area contributed by atoms with Crippen molar-refractivity contribution in [3.8, 4) is 17.0 Å². The van der Waals surface area contributed by atoms with Gasteiger partial charge in [-0.25, -0.2) is 9.97 Å². The van der Waals surface area contributed by atoms with Crippen molar-refractivity contribution in [3.05, 3.63) is 71.4 Å². The largest absolute Gasteiger partial charge is 0.573 e. The van der Waals surface area contributed by atoms with Gasteiger partial charge in [0.2, 0.25) is 0 Å². The number of alkyl halides is 3. The third-order valence-electron chi connectivity index (χ3n) is 5.99. The van der Waals surface area contributed by atoms with Gasteiger partial charge in [0.15, 0.2) is 5.82 Å². The fourth-order valence-corrected chi connectivity index (χ4v) is 4.33. The van der Waals surface area contributed by atoms with Crippen molar-refractivity contribution in [2.24, 2.45) is 4.99 Å². The molecule has 3 aromatic rings. The molecule has 0 atom stereocenters. The van der Waals surface area contributed by atoms with Crippen LogP contribution in [0.2, 0.25) is 0 Å². The molecular formula is C25H24F3N5O. The van der Waals surface area contributed by atoms with E-state index >= 15 is 0 Å². The summed E-state index contributed by atoms with van der Waals surface area (Å²) in [7, 11) is 0. The van der Waals surface area contributed by atoms with E-state index in [0.29, 0.717) is 11.3 Å². The first-order chi connectivity index (χ1) is 16.4. The van der Waals surface area contributed by atoms with Crippen LogP contribution in [0.1, 0.15) is 41.9 Å². The van der Waals surface area contributed by atoms with E-state index in [1.54, 1.807) is 12.3 Å². The fraction of sp³-hybridized carbons (Fsp3) is 0.360. The summed E-state index contributed by atoms with van der Waals surface area (Å²) in [5, 5.41) is 0. The Balaban J connectivity index is 1.23. The molecule has 0 bridgehead atoms. The summed E-state index contributed by atoms with van der Waals surface area (Å²) in [4.78, 5) is 20.7. The highest BCUT2D eigenvalue weighted by atomic mass is 19.4. The molecule has 0 fully saturated rings. The molecule has 5 rings (SSSR count). The standard InChI is InChI=1S/C25H24F3N5O/c26-25(27,28)34-20-5-3-4-18(12-20)21-8-7-17(13-30-21)15-33-11-9-22-19(16-33)14-31-24(32-22)23-6-1-2-10-29-23/h3-5,7-8,12-14H,1-2,6,9-11,15-16H2. The molecule has 4 heterocycles. The van der Waals surface area contributed by atoms with Crippen molar-refractivity contribution >= 4 is 5.71 Å². The average Bonchev–Trinajstić information content (AvgIpc) is 2.84. The van der Waals surface area contributed by atoms with Crippen molar-refractivity contribution in [1.82, 2.24) is 19.9 Å². The second kappa shape index (κ2) is 9.50. The molecule has 0 unspecified atom stereocenters. The molecule has 176 valence electrons. The van der Waals surface area contributed by atoms with Gasteiger partial charge < -0.3 is 4.74 Å². The number of nitrogens with zero attached hydrogens (tertiary/aromatic N) is 5. The van der Waals surface area contributed by atoms with Crippen LogP contribution in [0.4, 0.5) is 13.2 Å². The third-order valence-corrected chi connectivity index (χ3v) is 5.99. The number of rotatable bonds is 5. The highest BCUT2D eigenvalue weighted by Gasteiger charge is 2.31. The Bertz CT molecular complexity index is 1190. The normalized spacial score (nSPS) is 16.6. The first-order valence-electron chi connectivity index (χ1n) is 11.3. The minimum absolute atomic E-state index is 0.260. The van der Waals surface area contributed by atoms with E-state index in [0.717, 1.165) is 80.2 Å². The predicted molar refractivity (Wildman–Crippen MR) is 121 cm³/mol. The minimum atomic E-state index is -4.72. The summed E-state index contributed by atoms with van der Waals surface area (Å²) in [6, 6.07) is 9.61. The Morgan fingerprint density at radius 2 is 1.91 bits per heavy atom. The molecule has 6 nitrogen and oxygen atoms in total. The maximum Gasteiger partial charge on any atom is 0.573 e. The van der Waals surface area contributed by atoms with Gasteiger partial charge in [-0.2, -0.15) is 0 Å². The van der Waals surface area contributed by atoms with Crippen molar-refractivity contribution < 1.29 is 17.9 Å². The molecule has 2 aromatic heterocycles. The van der Waals surface area contributed by atoms with Crippen LogP contribution in [0.15, 0.2) is 53.8 Å². The molecule has 2 aliphatic rings. The Morgan fingerprint density at radius 1 is 1.00 bits per heavy atom. The van der Waals surface area contributed by atoms with Gasteiger partial charge >= 0.3 is 6.36 Å². The van der Waals surface area contributed by atoms with Crippen LogP contribution < -0.4 is 4.74 Å². The molecule has 0 aliphatic carbocycles. The molecule has 34 heavy (non-hydrogen) atoms. The second-order valence-electron chi connectivity index (χ2n) is 8.54. The van der Waals surface area contributed by atoms with Crippen LogP contribution in [0.3, 0.4) is 0 Å². The summed E-state index contributed by atoms with van der Waals surface area (Å²) in [6.45, 7) is 3.23. The first-order valence-corrected chi connectivity index (χ1v) is 11.3. The highest BCUT2D eigenvalue weighted by molar-refractivity contribution is 5.97. The molecule has 2 aliphatic heterocycles. The Hall–Kier alpha value is -3.33. The maximum absolute atomic E-state index is 12.5. The Morgan fingerprint density at radius 3 is 2.68 bits per heavy atom. The number of hydrogen-bond donors (Lipinski definition) is 0. The van der Waals surface area contributed by atoms with Crippen molar-refractivity contribution in [2.45, 2.75) is 45.1 Å². The van der Waals surface area contributed by atoms with E-state index < -0.39 is 6.36 Å². The van der Waals surface area contributed by atoms with E-state index in [4.69, 9.17) is 4.98 Å². The minimum Gasteiger partial charge on any atom is -0.406 e. The summed E-state index contributed by atoms with van der Waals surface area (Å²) in [5.41, 5.74) is 5.45. The molecule has 0 radical (unpaired) electrons. The lowest BCUT2D eigenvalue weighted by Crippen LogP contribution is -2.31. The fourth-order valence-electron chi connectivity index (χ4n) is 4.33. The number of fused-ring (bicyclic) bond motifs is 1. The lowest BCUT2D eigenvalue weighted by molar-refractivity contribution is -0.274. The highest BCUT2D eigenvalue weighted by Crippen LogP contribution is 2.27. The van der Waals surface area contributed by atoms with Crippen molar-refractivity contribution in [1.29, 1.82) is 0 Å². The Labute approximate surface area is 195 Å². The van der Waals surface area contributed by atoms with E-state index in [1.165, 1.54) is 18.2 Å². The lowest BCUT2D eigenvalue weighted by atomic mass is 10.0. The van der Waals surface area contributed by atoms with Crippen molar-refractivity contribution in [2.75, 3.05) is 13.1 Å². The number of ether oxygens (including phenoxy) is 1. The predicted octanol–water partition coefficient (Wildman–Crippen LogP) is 4.97. The van der Waals surface area contributed by atoms with Crippen LogP contribution >= 0.6 is 0 Å². The molecule has 0 saturated carbocycles. The molecule has 0 saturated heterocycles. The summed E-state index contributed by atoms with van der Waals surface area (Å²) < 4.78 is 41.5. The van der Waals surface area contributed by atoms with E-state index in [9.17, 15) is 13.2 Å². The summed E-state index contributed by atoms with van der Waals surface area (Å²) >= 11 is 0. The number of pyridine rings is 1. The third kappa shape index (κ3) is 5.41. The molecule has 0 amide bonds. The molecule has 9 heteroatoms. The monoisotopic (exact) mass is 467 g/mol. The maximum atomic E-state index is 12.5. The number of aliphatic imine (C=N–C) groups is 1. The lowest BCUT2D eigenvalue weighted by Gasteiger charge is -2.28. The van der Waals surface area contributed by atoms with Crippen LogP contribution in [0.5, 0.6) is 5.75 Å². The van der Waals surface area contributed by atoms with Crippen molar-refractivity contribution in [3.63, 3.8) is 0 Å². The first kappa shape index (κ1) is 22.5. The van der Waals surface area contributed by atoms with Crippen LogP contribution in [0.25, 0.3) is 11.3 Å². The zero-order valence-electron chi connectivity index (χ0n) is 18.6. The average molecular weight is 467 g/mol. The van der Waals surface area contributed by atoms with E-state index in [2.05, 4.69) is 24.6 Å².